The number of hydrogen-bond acceptors (Lipinski definition) is 3. The summed E-state index contributed by atoms with van der Waals surface area (Å²) in [7, 11) is 0. The molecule has 8 heteroatoms. The van der Waals surface area contributed by atoms with Crippen LogP contribution in [0.25, 0.3) is 5.69 Å². The molecular formula is C15H15F3N2O3. The highest BCUT2D eigenvalue weighted by Crippen LogP contribution is 2.37. The molecule has 0 spiro atoms. The van der Waals surface area contributed by atoms with Crippen LogP contribution in [0.1, 0.15) is 34.4 Å². The van der Waals surface area contributed by atoms with Crippen molar-refractivity contribution in [2.45, 2.75) is 26.9 Å². The Hall–Kier alpha value is -2.51. The molecule has 5 nitrogen and oxygen atoms in total. The van der Waals surface area contributed by atoms with E-state index in [4.69, 9.17) is 4.74 Å². The number of nitrogens with zero attached hydrogens (tertiary/aromatic N) is 2. The van der Waals surface area contributed by atoms with Crippen molar-refractivity contribution in [1.29, 1.82) is 0 Å². The Morgan fingerprint density at radius 1 is 1.30 bits per heavy atom. The smallest absolute Gasteiger partial charge is 0.421 e. The van der Waals surface area contributed by atoms with E-state index in [0.717, 1.165) is 6.07 Å². The maximum Gasteiger partial charge on any atom is 0.421 e. The minimum Gasteiger partial charge on any atom is -0.478 e. The second kappa shape index (κ2) is 5.94. The molecule has 2 rings (SSSR count). The standard InChI is InChI=1S/C15H15F3N2O3/c1-4-23-13-10(15(16,17)18)7-11(12(19-13)14(21)22)20-8(2)5-6-9(20)3/h5-7H,4H2,1-3H3,(H,21,22). The zero-order valence-corrected chi connectivity index (χ0v) is 12.7. The van der Waals surface area contributed by atoms with E-state index in [-0.39, 0.29) is 12.3 Å². The van der Waals surface area contributed by atoms with Crippen LogP contribution in [0.15, 0.2) is 18.2 Å². The van der Waals surface area contributed by atoms with E-state index in [2.05, 4.69) is 4.98 Å². The van der Waals surface area contributed by atoms with Gasteiger partial charge in [-0.15, -0.1) is 0 Å². The highest BCUT2D eigenvalue weighted by molar-refractivity contribution is 5.90. The predicted octanol–water partition coefficient (Wildman–Crippen LogP) is 3.60. The molecule has 124 valence electrons. The summed E-state index contributed by atoms with van der Waals surface area (Å²) in [5.74, 6) is -2.16. The van der Waals surface area contributed by atoms with Crippen LogP contribution in [0.2, 0.25) is 0 Å². The largest absolute Gasteiger partial charge is 0.478 e. The Labute approximate surface area is 130 Å². The summed E-state index contributed by atoms with van der Waals surface area (Å²) in [6, 6.07) is 4.14. The highest BCUT2D eigenvalue weighted by atomic mass is 19.4. The van der Waals surface area contributed by atoms with E-state index in [0.29, 0.717) is 11.4 Å². The molecule has 0 bridgehead atoms. The van der Waals surface area contributed by atoms with Gasteiger partial charge in [-0.1, -0.05) is 0 Å². The number of carboxylic acids is 1. The Morgan fingerprint density at radius 2 is 1.87 bits per heavy atom. The molecule has 0 radical (unpaired) electrons. The number of hydrogen-bond donors (Lipinski definition) is 1. The van der Waals surface area contributed by atoms with Crippen molar-refractivity contribution in [3.05, 3.63) is 40.8 Å². The first-order chi connectivity index (χ1) is 10.7. The van der Waals surface area contributed by atoms with Crippen molar-refractivity contribution in [2.75, 3.05) is 6.61 Å². The molecule has 0 aliphatic heterocycles. The van der Waals surface area contributed by atoms with Gasteiger partial charge in [0.15, 0.2) is 5.69 Å². The summed E-state index contributed by atoms with van der Waals surface area (Å²) >= 11 is 0. The molecule has 0 fully saturated rings. The van der Waals surface area contributed by atoms with Crippen LogP contribution < -0.4 is 4.74 Å². The first kappa shape index (κ1) is 16.9. The van der Waals surface area contributed by atoms with Gasteiger partial charge in [-0.05, 0) is 39.0 Å². The van der Waals surface area contributed by atoms with E-state index in [9.17, 15) is 23.1 Å². The third-order valence-electron chi connectivity index (χ3n) is 3.27. The third kappa shape index (κ3) is 3.15. The van der Waals surface area contributed by atoms with Crippen LogP contribution >= 0.6 is 0 Å². The van der Waals surface area contributed by atoms with Crippen LogP contribution in [0.5, 0.6) is 5.88 Å². The SMILES string of the molecule is CCOc1nc(C(=O)O)c(-n2c(C)ccc2C)cc1C(F)(F)F. The number of ether oxygens (including phenoxy) is 1. The number of halogens is 3. The molecule has 0 atom stereocenters. The molecule has 2 heterocycles. The van der Waals surface area contributed by atoms with Crippen molar-refractivity contribution in [2.24, 2.45) is 0 Å². The second-order valence-corrected chi connectivity index (χ2v) is 4.90. The van der Waals surface area contributed by atoms with Crippen molar-refractivity contribution < 1.29 is 27.8 Å². The maximum absolute atomic E-state index is 13.3. The molecule has 0 aliphatic carbocycles. The lowest BCUT2D eigenvalue weighted by molar-refractivity contribution is -0.139. The number of carbonyl (C=O) groups is 1. The monoisotopic (exact) mass is 328 g/mol. The Bertz CT molecular complexity index is 732. The molecule has 0 saturated heterocycles. The van der Waals surface area contributed by atoms with Gasteiger partial charge in [-0.3, -0.25) is 0 Å². The first-order valence-corrected chi connectivity index (χ1v) is 6.80. The van der Waals surface area contributed by atoms with Gasteiger partial charge in [-0.2, -0.15) is 13.2 Å². The lowest BCUT2D eigenvalue weighted by Crippen LogP contribution is -2.17. The van der Waals surface area contributed by atoms with Gasteiger partial charge in [0.2, 0.25) is 5.88 Å². The van der Waals surface area contributed by atoms with Gasteiger partial charge in [0.05, 0.1) is 12.3 Å². The Morgan fingerprint density at radius 3 is 2.30 bits per heavy atom. The number of aromatic nitrogens is 2. The number of rotatable bonds is 4. The lowest BCUT2D eigenvalue weighted by atomic mass is 10.2. The van der Waals surface area contributed by atoms with Crippen LogP contribution in [-0.2, 0) is 6.18 Å². The van der Waals surface area contributed by atoms with Crippen LogP contribution in [-0.4, -0.2) is 27.2 Å². The van der Waals surface area contributed by atoms with Crippen molar-refractivity contribution in [3.63, 3.8) is 0 Å². The van der Waals surface area contributed by atoms with Crippen LogP contribution in [0, 0.1) is 13.8 Å². The molecule has 2 aromatic rings. The third-order valence-corrected chi connectivity index (χ3v) is 3.27. The van der Waals surface area contributed by atoms with Gasteiger partial charge >= 0.3 is 12.1 Å². The molecule has 0 aromatic carbocycles. The van der Waals surface area contributed by atoms with Gasteiger partial charge in [0, 0.05) is 11.4 Å². The van der Waals surface area contributed by atoms with Crippen molar-refractivity contribution in [3.8, 4) is 11.6 Å². The summed E-state index contributed by atoms with van der Waals surface area (Å²) in [4.78, 5) is 15.0. The summed E-state index contributed by atoms with van der Waals surface area (Å²) in [6.07, 6.45) is -4.71. The topological polar surface area (TPSA) is 64.3 Å². The first-order valence-electron chi connectivity index (χ1n) is 6.80. The minimum absolute atomic E-state index is 0.0595. The number of pyridine rings is 1. The van der Waals surface area contributed by atoms with Gasteiger partial charge < -0.3 is 14.4 Å². The number of carboxylic acid groups (broad SMARTS) is 1. The van der Waals surface area contributed by atoms with Crippen LogP contribution in [0.4, 0.5) is 13.2 Å². The Kier molecular flexibility index (Phi) is 4.35. The fourth-order valence-corrected chi connectivity index (χ4v) is 2.31. The molecule has 2 aromatic heterocycles. The zero-order valence-electron chi connectivity index (χ0n) is 12.7. The van der Waals surface area contributed by atoms with Crippen LogP contribution in [0.3, 0.4) is 0 Å². The molecule has 0 amide bonds. The van der Waals surface area contributed by atoms with Gasteiger partial charge in [0.25, 0.3) is 0 Å². The van der Waals surface area contributed by atoms with E-state index in [1.165, 1.54) is 11.5 Å². The van der Waals surface area contributed by atoms with Crippen molar-refractivity contribution in [1.82, 2.24) is 9.55 Å². The van der Waals surface area contributed by atoms with Gasteiger partial charge in [0.1, 0.15) is 5.56 Å². The summed E-state index contributed by atoms with van der Waals surface area (Å²) in [5.41, 5.74) is -0.544. The van der Waals surface area contributed by atoms with E-state index in [1.54, 1.807) is 26.0 Å². The average Bonchev–Trinajstić information content (AvgIpc) is 2.77. The predicted molar refractivity (Wildman–Crippen MR) is 76.2 cm³/mol. The molecule has 23 heavy (non-hydrogen) atoms. The zero-order chi connectivity index (χ0) is 17.4. The Balaban J connectivity index is 2.82. The summed E-state index contributed by atoms with van der Waals surface area (Å²) < 4.78 is 46.1. The summed E-state index contributed by atoms with van der Waals surface area (Å²) in [5, 5.41) is 9.32. The normalized spacial score (nSPS) is 11.6. The van der Waals surface area contributed by atoms with E-state index in [1.807, 2.05) is 0 Å². The number of alkyl halides is 3. The second-order valence-electron chi connectivity index (χ2n) is 4.90. The molecule has 0 unspecified atom stereocenters. The van der Waals surface area contributed by atoms with Gasteiger partial charge in [-0.25, -0.2) is 9.78 Å². The quantitative estimate of drug-likeness (QED) is 0.931. The average molecular weight is 328 g/mol. The van der Waals surface area contributed by atoms with E-state index < -0.39 is 29.3 Å². The molecular weight excluding hydrogens is 313 g/mol. The van der Waals surface area contributed by atoms with Crippen molar-refractivity contribution >= 4 is 5.97 Å². The number of aromatic carboxylic acids is 1. The molecule has 1 N–H and O–H groups in total. The lowest BCUT2D eigenvalue weighted by Gasteiger charge is -2.18. The fraction of sp³-hybridized carbons (Fsp3) is 0.333. The molecule has 0 aliphatic rings. The minimum atomic E-state index is -4.71. The molecule has 0 saturated carbocycles. The van der Waals surface area contributed by atoms with E-state index >= 15 is 0 Å². The number of aryl methyl sites for hydroxylation is 2. The summed E-state index contributed by atoms with van der Waals surface area (Å²) in [6.45, 7) is 4.77. The fourth-order valence-electron chi connectivity index (χ4n) is 2.31. The maximum atomic E-state index is 13.3. The highest BCUT2D eigenvalue weighted by Gasteiger charge is 2.37.